The lowest BCUT2D eigenvalue weighted by Crippen LogP contribution is -2.50. The van der Waals surface area contributed by atoms with Crippen molar-refractivity contribution in [3.63, 3.8) is 0 Å². The molecule has 6 heteroatoms. The van der Waals surface area contributed by atoms with Gasteiger partial charge in [-0.05, 0) is 32.4 Å². The molecule has 1 aromatic rings. The van der Waals surface area contributed by atoms with E-state index in [4.69, 9.17) is 0 Å². The molecule has 0 spiro atoms. The summed E-state index contributed by atoms with van der Waals surface area (Å²) >= 11 is 2.03. The average Bonchev–Trinajstić information content (AvgIpc) is 2.40. The maximum atomic E-state index is 4.42. The van der Waals surface area contributed by atoms with Gasteiger partial charge in [-0.1, -0.05) is 6.07 Å². The molecule has 1 fully saturated rings. The van der Waals surface area contributed by atoms with E-state index in [0.717, 1.165) is 37.0 Å². The molecule has 4 nitrogen and oxygen atoms in total. The Balaban J connectivity index is 0.00000220. The van der Waals surface area contributed by atoms with Crippen LogP contribution in [-0.2, 0) is 6.54 Å². The van der Waals surface area contributed by atoms with Gasteiger partial charge in [-0.15, -0.1) is 24.0 Å². The molecule has 1 saturated heterocycles. The highest BCUT2D eigenvalue weighted by atomic mass is 127. The Morgan fingerprint density at radius 3 is 2.90 bits per heavy atom. The van der Waals surface area contributed by atoms with Gasteiger partial charge in [0.25, 0.3) is 0 Å². The molecular formula is C15H25IN4S. The quantitative estimate of drug-likeness (QED) is 0.454. The van der Waals surface area contributed by atoms with E-state index in [1.807, 2.05) is 31.1 Å². The lowest BCUT2D eigenvalue weighted by Gasteiger charge is -2.39. The van der Waals surface area contributed by atoms with Gasteiger partial charge in [0, 0.05) is 36.8 Å². The zero-order valence-corrected chi connectivity index (χ0v) is 16.4. The Hall–Kier alpha value is -0.500. The summed E-state index contributed by atoms with van der Waals surface area (Å²) in [5.41, 5.74) is 2.30. The molecule has 0 aromatic carbocycles. The molecule has 118 valence electrons. The first-order chi connectivity index (χ1) is 9.52. The molecule has 1 N–H and O–H groups in total. The predicted octanol–water partition coefficient (Wildman–Crippen LogP) is 2.91. The third-order valence-electron chi connectivity index (χ3n) is 3.47. The molecule has 0 amide bonds. The minimum atomic E-state index is 0. The number of hydrogen-bond acceptors (Lipinski definition) is 3. The van der Waals surface area contributed by atoms with Crippen LogP contribution >= 0.6 is 35.7 Å². The largest absolute Gasteiger partial charge is 0.351 e. The smallest absolute Gasteiger partial charge is 0.194 e. The van der Waals surface area contributed by atoms with E-state index in [0.29, 0.717) is 0 Å². The van der Waals surface area contributed by atoms with E-state index < -0.39 is 0 Å². The molecule has 21 heavy (non-hydrogen) atoms. The Labute approximate surface area is 149 Å². The Morgan fingerprint density at radius 1 is 1.52 bits per heavy atom. The molecule has 0 saturated carbocycles. The van der Waals surface area contributed by atoms with Crippen LogP contribution in [0.1, 0.15) is 25.1 Å². The molecule has 0 atom stereocenters. The van der Waals surface area contributed by atoms with Gasteiger partial charge in [0.2, 0.25) is 0 Å². The number of thioether (sulfide) groups is 1. The van der Waals surface area contributed by atoms with Crippen molar-refractivity contribution >= 4 is 41.7 Å². The van der Waals surface area contributed by atoms with Gasteiger partial charge in [-0.3, -0.25) is 9.98 Å². The Kier molecular flexibility index (Phi) is 7.26. The van der Waals surface area contributed by atoms with Gasteiger partial charge < -0.3 is 10.2 Å². The highest BCUT2D eigenvalue weighted by molar-refractivity contribution is 14.0. The van der Waals surface area contributed by atoms with E-state index >= 15 is 0 Å². The fourth-order valence-corrected chi connectivity index (χ4v) is 3.51. The average molecular weight is 420 g/mol. The van der Waals surface area contributed by atoms with Crippen molar-refractivity contribution in [3.05, 3.63) is 29.6 Å². The van der Waals surface area contributed by atoms with Crippen molar-refractivity contribution in [1.29, 1.82) is 0 Å². The Bertz CT molecular complexity index is 490. The van der Waals surface area contributed by atoms with Crippen LogP contribution in [0.3, 0.4) is 0 Å². The van der Waals surface area contributed by atoms with Crippen molar-refractivity contribution < 1.29 is 0 Å². The van der Waals surface area contributed by atoms with Gasteiger partial charge in [0.1, 0.15) is 0 Å². The maximum absolute atomic E-state index is 4.42. The molecular weight excluding hydrogens is 395 g/mol. The van der Waals surface area contributed by atoms with Crippen LogP contribution in [-0.4, -0.2) is 46.5 Å². The number of aryl methyl sites for hydroxylation is 1. The minimum absolute atomic E-state index is 0. The molecule has 0 radical (unpaired) electrons. The van der Waals surface area contributed by atoms with Crippen LogP contribution in [0.25, 0.3) is 0 Å². The van der Waals surface area contributed by atoms with E-state index in [1.54, 1.807) is 0 Å². The van der Waals surface area contributed by atoms with Crippen LogP contribution in [0.4, 0.5) is 0 Å². The fourth-order valence-electron chi connectivity index (χ4n) is 2.40. The molecule has 1 aromatic heterocycles. The molecule has 2 heterocycles. The van der Waals surface area contributed by atoms with Crippen LogP contribution in [0.5, 0.6) is 0 Å². The molecule has 0 unspecified atom stereocenters. The van der Waals surface area contributed by atoms with E-state index in [2.05, 4.69) is 47.0 Å². The van der Waals surface area contributed by atoms with Crippen molar-refractivity contribution in [2.75, 3.05) is 25.9 Å². The predicted molar refractivity (Wildman–Crippen MR) is 103 cm³/mol. The summed E-state index contributed by atoms with van der Waals surface area (Å²) in [5.74, 6) is 2.12. The van der Waals surface area contributed by atoms with Gasteiger partial charge >= 0.3 is 0 Å². The summed E-state index contributed by atoms with van der Waals surface area (Å²) in [7, 11) is 1.85. The lowest BCUT2D eigenvalue weighted by molar-refractivity contribution is 0.375. The van der Waals surface area contributed by atoms with Crippen LogP contribution < -0.4 is 5.32 Å². The number of pyridine rings is 1. The molecule has 1 aliphatic heterocycles. The number of nitrogens with zero attached hydrogens (tertiary/aromatic N) is 3. The Morgan fingerprint density at radius 2 is 2.29 bits per heavy atom. The van der Waals surface area contributed by atoms with Gasteiger partial charge in [0.15, 0.2) is 5.96 Å². The van der Waals surface area contributed by atoms with Gasteiger partial charge in [0.05, 0.1) is 12.2 Å². The number of guanidine groups is 1. The monoisotopic (exact) mass is 420 g/mol. The second kappa shape index (κ2) is 8.22. The standard InChI is InChI=1S/C15H24N4S.HI/c1-12-6-5-7-17-13(12)10-18-14(16-4)19-8-9-20-15(2,3)11-19;/h5-7H,8-11H2,1-4H3,(H,16,18);1H. The van der Waals surface area contributed by atoms with Crippen molar-refractivity contribution in [3.8, 4) is 0 Å². The minimum Gasteiger partial charge on any atom is -0.351 e. The number of aliphatic imine (C=N–C) groups is 1. The fraction of sp³-hybridized carbons (Fsp3) is 0.600. The normalized spacial score (nSPS) is 18.1. The number of rotatable bonds is 2. The van der Waals surface area contributed by atoms with Crippen molar-refractivity contribution in [2.45, 2.75) is 32.1 Å². The van der Waals surface area contributed by atoms with Gasteiger partial charge in [-0.2, -0.15) is 11.8 Å². The summed E-state index contributed by atoms with van der Waals surface area (Å²) in [4.78, 5) is 11.2. The highest BCUT2D eigenvalue weighted by Crippen LogP contribution is 2.29. The van der Waals surface area contributed by atoms with Gasteiger partial charge in [-0.25, -0.2) is 0 Å². The number of nitrogens with one attached hydrogen (secondary N) is 1. The van der Waals surface area contributed by atoms with Crippen LogP contribution in [0.15, 0.2) is 23.3 Å². The zero-order chi connectivity index (χ0) is 14.6. The SMILES string of the molecule is CN=C(NCc1ncccc1C)N1CCSC(C)(C)C1.I. The summed E-state index contributed by atoms with van der Waals surface area (Å²) in [6.07, 6.45) is 1.84. The van der Waals surface area contributed by atoms with E-state index in [9.17, 15) is 0 Å². The zero-order valence-electron chi connectivity index (χ0n) is 13.2. The third kappa shape index (κ3) is 5.32. The summed E-state index contributed by atoms with van der Waals surface area (Å²) in [6.45, 7) is 9.48. The number of halogens is 1. The van der Waals surface area contributed by atoms with Crippen molar-refractivity contribution in [1.82, 2.24) is 15.2 Å². The number of hydrogen-bond donors (Lipinski definition) is 1. The van der Waals surface area contributed by atoms with Crippen molar-refractivity contribution in [2.24, 2.45) is 4.99 Å². The molecule has 1 aliphatic rings. The maximum Gasteiger partial charge on any atom is 0.194 e. The second-order valence-corrected chi connectivity index (χ2v) is 7.50. The highest BCUT2D eigenvalue weighted by Gasteiger charge is 2.28. The van der Waals surface area contributed by atoms with Crippen LogP contribution in [0.2, 0.25) is 0 Å². The van der Waals surface area contributed by atoms with Crippen LogP contribution in [0, 0.1) is 6.92 Å². The molecule has 0 aliphatic carbocycles. The summed E-state index contributed by atoms with van der Waals surface area (Å²) in [5, 5.41) is 3.44. The first kappa shape index (κ1) is 18.5. The molecule has 2 rings (SSSR count). The first-order valence-corrected chi connectivity index (χ1v) is 8.00. The lowest BCUT2D eigenvalue weighted by atomic mass is 10.2. The molecule has 0 bridgehead atoms. The topological polar surface area (TPSA) is 40.5 Å². The van der Waals surface area contributed by atoms with E-state index in [1.165, 1.54) is 5.56 Å². The second-order valence-electron chi connectivity index (χ2n) is 5.70. The first-order valence-electron chi connectivity index (χ1n) is 7.02. The summed E-state index contributed by atoms with van der Waals surface area (Å²) in [6, 6.07) is 4.06. The number of aromatic nitrogens is 1. The summed E-state index contributed by atoms with van der Waals surface area (Å²) < 4.78 is 0.288. The third-order valence-corrected chi connectivity index (χ3v) is 4.77. The van der Waals surface area contributed by atoms with E-state index in [-0.39, 0.29) is 28.7 Å².